The number of carbonyl (C=O) groups excluding carboxylic acids is 2. The van der Waals surface area contributed by atoms with E-state index in [-0.39, 0.29) is 18.7 Å². The first-order valence-corrected chi connectivity index (χ1v) is 10.7. The van der Waals surface area contributed by atoms with Crippen molar-refractivity contribution in [3.63, 3.8) is 0 Å². The van der Waals surface area contributed by atoms with Crippen LogP contribution in [0, 0.1) is 0 Å². The number of alkyl halides is 3. The van der Waals surface area contributed by atoms with Gasteiger partial charge in [-0.3, -0.25) is 4.79 Å². The van der Waals surface area contributed by atoms with E-state index in [0.29, 0.717) is 18.9 Å². The van der Waals surface area contributed by atoms with Crippen molar-refractivity contribution < 1.29 is 32.6 Å². The van der Waals surface area contributed by atoms with Crippen LogP contribution in [0.25, 0.3) is 0 Å². The van der Waals surface area contributed by atoms with Gasteiger partial charge in [0.25, 0.3) is 0 Å². The van der Waals surface area contributed by atoms with Crippen LogP contribution in [-0.4, -0.2) is 67.0 Å². The fourth-order valence-electron chi connectivity index (χ4n) is 3.92. The summed E-state index contributed by atoms with van der Waals surface area (Å²) in [4.78, 5) is 32.2. The number of anilines is 3. The number of piperidine rings is 1. The first-order valence-electron chi connectivity index (χ1n) is 10.7. The number of aliphatic hydroxyl groups excluding tert-OH is 1. The monoisotopic (exact) mass is 479 g/mol. The van der Waals surface area contributed by atoms with E-state index < -0.39 is 36.0 Å². The Kier molecular flexibility index (Phi) is 6.89. The van der Waals surface area contributed by atoms with Crippen LogP contribution in [-0.2, 0) is 15.7 Å². The standard InChI is InChI=1S/C22H24F3N5O4/c23-22(24,25)19-6-1-14(12-26-19)27-21(33)28-18-11-17(31)13-30(20(18)32)16-4-2-15(3-5-16)29-7-9-34-10-8-29/h1-6,12,17-18,31H,7-11,13H2,(H2,27,28,33)/t17?,18-/m1/s1. The molecule has 0 bridgehead atoms. The lowest BCUT2D eigenvalue weighted by atomic mass is 10.0. The fraction of sp³-hybridized carbons (Fsp3) is 0.409. The van der Waals surface area contributed by atoms with Crippen LogP contribution >= 0.6 is 0 Å². The van der Waals surface area contributed by atoms with Gasteiger partial charge in [-0.2, -0.15) is 13.2 Å². The van der Waals surface area contributed by atoms with Crippen molar-refractivity contribution in [3.8, 4) is 0 Å². The summed E-state index contributed by atoms with van der Waals surface area (Å²) in [6.45, 7) is 2.93. The lowest BCUT2D eigenvalue weighted by Gasteiger charge is -2.36. The highest BCUT2D eigenvalue weighted by Crippen LogP contribution is 2.28. The number of nitrogens with one attached hydrogen (secondary N) is 2. The second kappa shape index (κ2) is 9.85. The molecule has 1 aromatic heterocycles. The summed E-state index contributed by atoms with van der Waals surface area (Å²) in [6.07, 6.45) is -4.56. The molecule has 182 valence electrons. The van der Waals surface area contributed by atoms with Gasteiger partial charge >= 0.3 is 12.2 Å². The van der Waals surface area contributed by atoms with Crippen LogP contribution in [0.15, 0.2) is 42.6 Å². The molecule has 12 heteroatoms. The molecule has 34 heavy (non-hydrogen) atoms. The number of aromatic nitrogens is 1. The number of morpholine rings is 1. The summed E-state index contributed by atoms with van der Waals surface area (Å²) < 4.78 is 43.2. The number of pyridine rings is 1. The Balaban J connectivity index is 1.39. The van der Waals surface area contributed by atoms with Gasteiger partial charge in [0.05, 0.1) is 37.7 Å². The highest BCUT2D eigenvalue weighted by molar-refractivity contribution is 6.01. The number of amides is 3. The fourth-order valence-corrected chi connectivity index (χ4v) is 3.92. The number of aliphatic hydroxyl groups is 1. The minimum absolute atomic E-state index is 0.0138. The molecular weight excluding hydrogens is 455 g/mol. The van der Waals surface area contributed by atoms with Crippen LogP contribution in [0.1, 0.15) is 12.1 Å². The third-order valence-electron chi connectivity index (χ3n) is 5.62. The van der Waals surface area contributed by atoms with E-state index in [0.717, 1.165) is 37.1 Å². The maximum absolute atomic E-state index is 13.0. The molecule has 2 aromatic rings. The number of urea groups is 1. The number of carbonyl (C=O) groups is 2. The number of halogens is 3. The Morgan fingerprint density at radius 3 is 2.38 bits per heavy atom. The summed E-state index contributed by atoms with van der Waals surface area (Å²) in [5.74, 6) is -0.398. The Hall–Kier alpha value is -3.38. The van der Waals surface area contributed by atoms with Crippen molar-refractivity contribution in [1.29, 1.82) is 0 Å². The van der Waals surface area contributed by atoms with Gasteiger partial charge in [-0.25, -0.2) is 9.78 Å². The second-order valence-electron chi connectivity index (χ2n) is 8.04. The summed E-state index contributed by atoms with van der Waals surface area (Å²) in [6, 6.07) is 7.35. The predicted molar refractivity (Wildman–Crippen MR) is 118 cm³/mol. The molecule has 2 atom stereocenters. The van der Waals surface area contributed by atoms with Crippen molar-refractivity contribution in [2.24, 2.45) is 0 Å². The van der Waals surface area contributed by atoms with Gasteiger partial charge in [0.1, 0.15) is 11.7 Å². The zero-order chi connectivity index (χ0) is 24.3. The van der Waals surface area contributed by atoms with Gasteiger partial charge in [0, 0.05) is 30.9 Å². The van der Waals surface area contributed by atoms with Gasteiger partial charge in [-0.15, -0.1) is 0 Å². The summed E-state index contributed by atoms with van der Waals surface area (Å²) in [7, 11) is 0. The van der Waals surface area contributed by atoms with Gasteiger partial charge in [0.2, 0.25) is 5.91 Å². The van der Waals surface area contributed by atoms with E-state index in [4.69, 9.17) is 4.74 Å². The number of ether oxygens (including phenoxy) is 1. The molecule has 9 nitrogen and oxygen atoms in total. The van der Waals surface area contributed by atoms with Crippen molar-refractivity contribution in [3.05, 3.63) is 48.3 Å². The largest absolute Gasteiger partial charge is 0.433 e. The minimum Gasteiger partial charge on any atom is -0.391 e. The van der Waals surface area contributed by atoms with E-state index in [2.05, 4.69) is 20.5 Å². The molecule has 0 radical (unpaired) electrons. The molecule has 1 aromatic carbocycles. The van der Waals surface area contributed by atoms with Gasteiger partial charge in [0.15, 0.2) is 0 Å². The second-order valence-corrected chi connectivity index (χ2v) is 8.04. The summed E-state index contributed by atoms with van der Waals surface area (Å²) in [5, 5.41) is 15.1. The van der Waals surface area contributed by atoms with E-state index in [1.807, 2.05) is 12.1 Å². The third-order valence-corrected chi connectivity index (χ3v) is 5.62. The maximum atomic E-state index is 13.0. The third kappa shape index (κ3) is 5.57. The Labute approximate surface area is 193 Å². The topological polar surface area (TPSA) is 107 Å². The molecule has 3 heterocycles. The van der Waals surface area contributed by atoms with E-state index in [9.17, 15) is 27.9 Å². The predicted octanol–water partition coefficient (Wildman–Crippen LogP) is 2.22. The van der Waals surface area contributed by atoms with Gasteiger partial charge in [-0.1, -0.05) is 0 Å². The summed E-state index contributed by atoms with van der Waals surface area (Å²) >= 11 is 0. The first-order chi connectivity index (χ1) is 16.2. The zero-order valence-electron chi connectivity index (χ0n) is 18.1. The molecule has 2 aliphatic heterocycles. The molecular formula is C22H24F3N5O4. The molecule has 0 spiro atoms. The van der Waals surface area contributed by atoms with E-state index in [1.54, 1.807) is 12.1 Å². The number of β-amino-alcohol motifs (C(OH)–C–C–N with tert-alkyl or cyclic N) is 1. The van der Waals surface area contributed by atoms with Crippen molar-refractivity contribution in [2.45, 2.75) is 24.7 Å². The summed E-state index contributed by atoms with van der Waals surface area (Å²) in [5.41, 5.74) is 0.528. The van der Waals surface area contributed by atoms with Gasteiger partial charge in [-0.05, 0) is 36.4 Å². The van der Waals surface area contributed by atoms with E-state index in [1.165, 1.54) is 4.90 Å². The Morgan fingerprint density at radius 1 is 1.09 bits per heavy atom. The minimum atomic E-state index is -4.59. The van der Waals surface area contributed by atoms with Crippen LogP contribution < -0.4 is 20.4 Å². The first kappa shape index (κ1) is 23.8. The van der Waals surface area contributed by atoms with Crippen molar-refractivity contribution in [2.75, 3.05) is 48.0 Å². The highest BCUT2D eigenvalue weighted by atomic mass is 19.4. The molecule has 0 aliphatic carbocycles. The SMILES string of the molecule is O=C(Nc1ccc(C(F)(F)F)nc1)N[C@@H]1CC(O)CN(c2ccc(N3CCOCC3)cc2)C1=O. The number of hydrogen-bond acceptors (Lipinski definition) is 6. The number of rotatable bonds is 4. The lowest BCUT2D eigenvalue weighted by Crippen LogP contribution is -2.57. The average Bonchev–Trinajstić information content (AvgIpc) is 2.81. The Morgan fingerprint density at radius 2 is 1.76 bits per heavy atom. The van der Waals surface area contributed by atoms with Crippen LogP contribution in [0.5, 0.6) is 0 Å². The molecule has 3 N–H and O–H groups in total. The average molecular weight is 479 g/mol. The van der Waals surface area contributed by atoms with Crippen LogP contribution in [0.2, 0.25) is 0 Å². The van der Waals surface area contributed by atoms with Crippen molar-refractivity contribution >= 4 is 29.0 Å². The molecule has 1 unspecified atom stereocenters. The Bertz CT molecular complexity index is 1010. The van der Waals surface area contributed by atoms with Crippen LogP contribution in [0.4, 0.5) is 35.0 Å². The molecule has 3 amide bonds. The highest BCUT2D eigenvalue weighted by Gasteiger charge is 2.36. The maximum Gasteiger partial charge on any atom is 0.433 e. The molecule has 2 fully saturated rings. The molecule has 2 saturated heterocycles. The van der Waals surface area contributed by atoms with Gasteiger partial charge < -0.3 is 30.3 Å². The number of hydrogen-bond donors (Lipinski definition) is 3. The zero-order valence-corrected chi connectivity index (χ0v) is 18.1. The van der Waals surface area contributed by atoms with E-state index >= 15 is 0 Å². The smallest absolute Gasteiger partial charge is 0.391 e. The molecule has 2 aliphatic rings. The normalized spacial score (nSPS) is 21.4. The number of nitrogens with zero attached hydrogens (tertiary/aromatic N) is 3. The van der Waals surface area contributed by atoms with Crippen LogP contribution in [0.3, 0.4) is 0 Å². The lowest BCUT2D eigenvalue weighted by molar-refractivity contribution is -0.141. The number of benzene rings is 1. The molecule has 0 saturated carbocycles. The quantitative estimate of drug-likeness (QED) is 0.621. The molecule has 4 rings (SSSR count). The van der Waals surface area contributed by atoms with Crippen molar-refractivity contribution in [1.82, 2.24) is 10.3 Å².